The number of aryl methyl sites for hydroxylation is 1. The summed E-state index contributed by atoms with van der Waals surface area (Å²) in [5.41, 5.74) is 2.49. The minimum atomic E-state index is 0.160. The summed E-state index contributed by atoms with van der Waals surface area (Å²) in [7, 11) is 0. The molecule has 0 bridgehead atoms. The minimum Gasteiger partial charge on any atom is -0.423 e. The van der Waals surface area contributed by atoms with Crippen LogP contribution in [0.2, 0.25) is 0 Å². The van der Waals surface area contributed by atoms with E-state index in [0.29, 0.717) is 18.2 Å². The van der Waals surface area contributed by atoms with Gasteiger partial charge in [0.15, 0.2) is 0 Å². The Balaban J connectivity index is 2.06. The van der Waals surface area contributed by atoms with Gasteiger partial charge < -0.3 is 9.73 Å². The zero-order chi connectivity index (χ0) is 14.4. The van der Waals surface area contributed by atoms with Crippen LogP contribution in [0.25, 0.3) is 0 Å². The molecule has 0 aliphatic carbocycles. The van der Waals surface area contributed by atoms with Crippen molar-refractivity contribution in [2.24, 2.45) is 0 Å². The highest BCUT2D eigenvalue weighted by Gasteiger charge is 2.16. The summed E-state index contributed by atoms with van der Waals surface area (Å²) in [6.45, 7) is 7.34. The third kappa shape index (κ3) is 3.67. The van der Waals surface area contributed by atoms with Gasteiger partial charge >= 0.3 is 0 Å². The standard InChI is InChI=1S/C16H23N3O/c1-4-10-17-14(5-2)16-19-18-15(20-16)11-13-9-7-6-8-12(13)3/h6-9,14,17H,4-5,10-11H2,1-3H3. The molecule has 1 unspecified atom stereocenters. The van der Waals surface area contributed by atoms with Gasteiger partial charge in [0, 0.05) is 0 Å². The lowest BCUT2D eigenvalue weighted by Gasteiger charge is -2.11. The van der Waals surface area contributed by atoms with Crippen LogP contribution in [0.15, 0.2) is 28.7 Å². The van der Waals surface area contributed by atoms with Gasteiger partial charge in [-0.15, -0.1) is 10.2 Å². The summed E-state index contributed by atoms with van der Waals surface area (Å²) in [6, 6.07) is 8.45. The summed E-state index contributed by atoms with van der Waals surface area (Å²) >= 11 is 0. The predicted octanol–water partition coefficient (Wildman–Crippen LogP) is 3.42. The molecule has 1 aromatic heterocycles. The molecule has 0 radical (unpaired) electrons. The molecule has 1 heterocycles. The highest BCUT2D eigenvalue weighted by atomic mass is 16.4. The number of hydrogen-bond acceptors (Lipinski definition) is 4. The molecular formula is C16H23N3O. The van der Waals surface area contributed by atoms with Gasteiger partial charge in [0.25, 0.3) is 0 Å². The Bertz CT molecular complexity index is 536. The van der Waals surface area contributed by atoms with Gasteiger partial charge in [-0.1, -0.05) is 38.1 Å². The second kappa shape index (κ2) is 7.20. The van der Waals surface area contributed by atoms with Crippen LogP contribution in [0.4, 0.5) is 0 Å². The third-order valence-corrected chi connectivity index (χ3v) is 3.43. The first-order valence-electron chi connectivity index (χ1n) is 7.34. The minimum absolute atomic E-state index is 0.160. The number of benzene rings is 1. The zero-order valence-electron chi connectivity index (χ0n) is 12.5. The monoisotopic (exact) mass is 273 g/mol. The zero-order valence-corrected chi connectivity index (χ0v) is 12.5. The molecule has 4 nitrogen and oxygen atoms in total. The fourth-order valence-corrected chi connectivity index (χ4v) is 2.18. The van der Waals surface area contributed by atoms with E-state index in [4.69, 9.17) is 4.42 Å². The fraction of sp³-hybridized carbons (Fsp3) is 0.500. The largest absolute Gasteiger partial charge is 0.423 e. The molecule has 0 aliphatic rings. The van der Waals surface area contributed by atoms with E-state index in [-0.39, 0.29) is 6.04 Å². The van der Waals surface area contributed by atoms with Crippen LogP contribution in [-0.4, -0.2) is 16.7 Å². The van der Waals surface area contributed by atoms with Crippen molar-refractivity contribution in [2.75, 3.05) is 6.54 Å². The summed E-state index contributed by atoms with van der Waals surface area (Å²) in [6.07, 6.45) is 2.75. The molecule has 0 saturated carbocycles. The molecule has 108 valence electrons. The molecule has 0 aliphatic heterocycles. The van der Waals surface area contributed by atoms with Crippen molar-refractivity contribution in [3.8, 4) is 0 Å². The van der Waals surface area contributed by atoms with Crippen molar-refractivity contribution in [2.45, 2.75) is 46.1 Å². The maximum absolute atomic E-state index is 5.81. The van der Waals surface area contributed by atoms with Gasteiger partial charge in [-0.2, -0.15) is 0 Å². The smallest absolute Gasteiger partial charge is 0.233 e. The van der Waals surface area contributed by atoms with Crippen molar-refractivity contribution >= 4 is 0 Å². The maximum Gasteiger partial charge on any atom is 0.233 e. The normalized spacial score (nSPS) is 12.6. The van der Waals surface area contributed by atoms with Crippen LogP contribution in [0.3, 0.4) is 0 Å². The third-order valence-electron chi connectivity index (χ3n) is 3.43. The highest BCUT2D eigenvalue weighted by Crippen LogP contribution is 2.18. The average Bonchev–Trinajstić information content (AvgIpc) is 2.91. The lowest BCUT2D eigenvalue weighted by atomic mass is 10.1. The Hall–Kier alpha value is -1.68. The van der Waals surface area contributed by atoms with Crippen LogP contribution in [0.1, 0.15) is 55.6 Å². The average molecular weight is 273 g/mol. The Kier molecular flexibility index (Phi) is 5.30. The van der Waals surface area contributed by atoms with E-state index < -0.39 is 0 Å². The molecule has 0 saturated heterocycles. The van der Waals surface area contributed by atoms with Crippen LogP contribution < -0.4 is 5.32 Å². The van der Waals surface area contributed by atoms with Crippen LogP contribution in [-0.2, 0) is 6.42 Å². The van der Waals surface area contributed by atoms with Gasteiger partial charge in [0.05, 0.1) is 12.5 Å². The first-order valence-corrected chi connectivity index (χ1v) is 7.34. The summed E-state index contributed by atoms with van der Waals surface area (Å²) < 4.78 is 5.81. The van der Waals surface area contributed by atoms with Gasteiger partial charge in [-0.25, -0.2) is 0 Å². The Morgan fingerprint density at radius 3 is 2.70 bits per heavy atom. The van der Waals surface area contributed by atoms with Crippen LogP contribution in [0.5, 0.6) is 0 Å². The molecule has 0 spiro atoms. The first-order chi connectivity index (χ1) is 9.74. The molecule has 1 atom stereocenters. The van der Waals surface area contributed by atoms with Gasteiger partial charge in [0.1, 0.15) is 0 Å². The number of rotatable bonds is 7. The van der Waals surface area contributed by atoms with Crippen molar-refractivity contribution in [1.29, 1.82) is 0 Å². The van der Waals surface area contributed by atoms with Crippen molar-refractivity contribution < 1.29 is 4.42 Å². The topological polar surface area (TPSA) is 51.0 Å². The maximum atomic E-state index is 5.81. The van der Waals surface area contributed by atoms with E-state index in [1.807, 2.05) is 12.1 Å². The van der Waals surface area contributed by atoms with Crippen LogP contribution in [0, 0.1) is 6.92 Å². The SMILES string of the molecule is CCCNC(CC)c1nnc(Cc2ccccc2C)o1. The summed E-state index contributed by atoms with van der Waals surface area (Å²) in [4.78, 5) is 0. The molecule has 4 heteroatoms. The number of nitrogens with one attached hydrogen (secondary N) is 1. The lowest BCUT2D eigenvalue weighted by Crippen LogP contribution is -2.21. The van der Waals surface area contributed by atoms with E-state index >= 15 is 0 Å². The van der Waals surface area contributed by atoms with E-state index in [2.05, 4.69) is 48.4 Å². The molecule has 0 fully saturated rings. The predicted molar refractivity (Wildman–Crippen MR) is 79.6 cm³/mol. The Morgan fingerprint density at radius 2 is 2.00 bits per heavy atom. The van der Waals surface area contributed by atoms with Crippen molar-refractivity contribution in [1.82, 2.24) is 15.5 Å². The van der Waals surface area contributed by atoms with Crippen LogP contribution >= 0.6 is 0 Å². The van der Waals surface area contributed by atoms with Gasteiger partial charge in [-0.3, -0.25) is 0 Å². The molecular weight excluding hydrogens is 250 g/mol. The molecule has 20 heavy (non-hydrogen) atoms. The number of hydrogen-bond donors (Lipinski definition) is 1. The van der Waals surface area contributed by atoms with Gasteiger partial charge in [0.2, 0.25) is 11.8 Å². The second-order valence-corrected chi connectivity index (χ2v) is 5.05. The molecule has 0 amide bonds. The molecule has 1 aromatic carbocycles. The second-order valence-electron chi connectivity index (χ2n) is 5.05. The Labute approximate surface area is 120 Å². The number of aromatic nitrogens is 2. The lowest BCUT2D eigenvalue weighted by molar-refractivity contribution is 0.376. The molecule has 2 rings (SSSR count). The van der Waals surface area contributed by atoms with Crippen molar-refractivity contribution in [3.05, 3.63) is 47.2 Å². The highest BCUT2D eigenvalue weighted by molar-refractivity contribution is 5.27. The molecule has 1 N–H and O–H groups in total. The van der Waals surface area contributed by atoms with E-state index in [9.17, 15) is 0 Å². The van der Waals surface area contributed by atoms with E-state index in [1.165, 1.54) is 11.1 Å². The summed E-state index contributed by atoms with van der Waals surface area (Å²) in [5.74, 6) is 1.38. The van der Waals surface area contributed by atoms with Crippen molar-refractivity contribution in [3.63, 3.8) is 0 Å². The Morgan fingerprint density at radius 1 is 1.20 bits per heavy atom. The fourth-order valence-electron chi connectivity index (χ4n) is 2.18. The number of nitrogens with zero attached hydrogens (tertiary/aromatic N) is 2. The molecule has 2 aromatic rings. The van der Waals surface area contributed by atoms with E-state index in [0.717, 1.165) is 19.4 Å². The summed E-state index contributed by atoms with van der Waals surface area (Å²) in [5, 5.41) is 11.8. The quantitative estimate of drug-likeness (QED) is 0.839. The first kappa shape index (κ1) is 14.7. The van der Waals surface area contributed by atoms with Gasteiger partial charge in [-0.05, 0) is 37.4 Å². The van der Waals surface area contributed by atoms with E-state index in [1.54, 1.807) is 0 Å².